The van der Waals surface area contributed by atoms with Crippen molar-refractivity contribution in [1.82, 2.24) is 19.1 Å². The fourth-order valence-electron chi connectivity index (χ4n) is 4.51. The number of aromatic nitrogens is 1. The van der Waals surface area contributed by atoms with Crippen LogP contribution in [0.4, 0.5) is 4.79 Å². The van der Waals surface area contributed by atoms with Crippen molar-refractivity contribution in [2.75, 3.05) is 32.7 Å². The third kappa shape index (κ3) is 4.88. The summed E-state index contributed by atoms with van der Waals surface area (Å²) in [4.78, 5) is 33.5. The number of benzene rings is 1. The molecule has 4 rings (SSSR count). The summed E-state index contributed by atoms with van der Waals surface area (Å²) < 4.78 is 33.7. The summed E-state index contributed by atoms with van der Waals surface area (Å²) in [5, 5.41) is 0.776. The summed E-state index contributed by atoms with van der Waals surface area (Å²) in [6.07, 6.45) is 2.49. The van der Waals surface area contributed by atoms with E-state index in [1.807, 2.05) is 19.1 Å². The Morgan fingerprint density at radius 1 is 1.09 bits per heavy atom. The molecule has 0 saturated carbocycles. The topological polar surface area (TPSA) is 100 Å². The molecule has 0 bridgehead atoms. The van der Waals surface area contributed by atoms with Crippen molar-refractivity contribution in [2.45, 2.75) is 57.1 Å². The molecule has 1 aromatic heterocycles. The zero-order valence-electron chi connectivity index (χ0n) is 20.2. The van der Waals surface area contributed by atoms with Gasteiger partial charge >= 0.3 is 6.09 Å². The fourth-order valence-corrected chi connectivity index (χ4v) is 6.10. The molecule has 0 unspecified atom stereocenters. The van der Waals surface area contributed by atoms with E-state index in [4.69, 9.17) is 4.74 Å². The molecule has 2 aliphatic heterocycles. The van der Waals surface area contributed by atoms with Gasteiger partial charge in [-0.1, -0.05) is 12.1 Å². The van der Waals surface area contributed by atoms with Gasteiger partial charge in [0.05, 0.1) is 5.52 Å². The molecule has 2 fully saturated rings. The maximum atomic E-state index is 13.4. The standard InChI is InChI=1S/C24H32N4O5S/c1-17-15-18-7-5-9-20(21(18)25-16-17)34(31,32)27-13-11-26(12-14-27)22(29)19-8-6-10-28(19)23(30)33-24(2,3)4/h5,7,9,15-16,19H,6,8,10-14H2,1-4H3/t19-/m0/s1. The largest absolute Gasteiger partial charge is 0.444 e. The average Bonchev–Trinajstić information content (AvgIpc) is 3.27. The summed E-state index contributed by atoms with van der Waals surface area (Å²) in [7, 11) is -3.77. The highest BCUT2D eigenvalue weighted by molar-refractivity contribution is 7.89. The number of ether oxygens (including phenoxy) is 1. The van der Waals surface area contributed by atoms with Crippen LogP contribution in [0, 0.1) is 6.92 Å². The molecule has 1 aromatic carbocycles. The zero-order valence-corrected chi connectivity index (χ0v) is 21.0. The van der Waals surface area contributed by atoms with Crippen molar-refractivity contribution in [3.8, 4) is 0 Å². The van der Waals surface area contributed by atoms with Crippen LogP contribution in [0.2, 0.25) is 0 Å². The molecule has 34 heavy (non-hydrogen) atoms. The highest BCUT2D eigenvalue weighted by atomic mass is 32.2. The maximum absolute atomic E-state index is 13.4. The SMILES string of the molecule is Cc1cnc2c(S(=O)(=O)N3CCN(C(=O)[C@@H]4CCCN4C(=O)OC(C)(C)C)CC3)cccc2c1. The van der Waals surface area contributed by atoms with E-state index in [1.54, 1.807) is 44.0 Å². The molecule has 9 nitrogen and oxygen atoms in total. The maximum Gasteiger partial charge on any atom is 0.410 e. The molecule has 0 aliphatic carbocycles. The molecule has 1 atom stereocenters. The number of pyridine rings is 1. The summed E-state index contributed by atoms with van der Waals surface area (Å²) in [6.45, 7) is 8.70. The average molecular weight is 489 g/mol. The van der Waals surface area contributed by atoms with Crippen molar-refractivity contribution in [1.29, 1.82) is 0 Å². The fraction of sp³-hybridized carbons (Fsp3) is 0.542. The monoisotopic (exact) mass is 488 g/mol. The van der Waals surface area contributed by atoms with Gasteiger partial charge in [0.15, 0.2) is 0 Å². The Kier molecular flexibility index (Phi) is 6.56. The first-order valence-corrected chi connectivity index (χ1v) is 13.1. The van der Waals surface area contributed by atoms with E-state index in [2.05, 4.69) is 4.98 Å². The number of aryl methyl sites for hydroxylation is 1. The predicted octanol–water partition coefficient (Wildman–Crippen LogP) is 2.78. The number of likely N-dealkylation sites (tertiary alicyclic amines) is 1. The van der Waals surface area contributed by atoms with E-state index >= 15 is 0 Å². The Hall–Kier alpha value is -2.72. The first kappa shape index (κ1) is 24.4. The minimum atomic E-state index is -3.77. The second-order valence-electron chi connectivity index (χ2n) is 9.90. The van der Waals surface area contributed by atoms with Crippen molar-refractivity contribution >= 4 is 32.9 Å². The Bertz CT molecular complexity index is 1200. The van der Waals surface area contributed by atoms with Crippen molar-refractivity contribution in [3.63, 3.8) is 0 Å². The van der Waals surface area contributed by atoms with E-state index < -0.39 is 27.8 Å². The van der Waals surface area contributed by atoms with Gasteiger partial charge in [-0.2, -0.15) is 4.31 Å². The van der Waals surface area contributed by atoms with Gasteiger partial charge in [0.1, 0.15) is 16.5 Å². The van der Waals surface area contributed by atoms with Gasteiger partial charge in [-0.05, 0) is 58.2 Å². The number of rotatable bonds is 3. The van der Waals surface area contributed by atoms with E-state index in [0.717, 1.165) is 17.4 Å². The van der Waals surface area contributed by atoms with Crippen LogP contribution in [0.3, 0.4) is 0 Å². The normalized spacial score (nSPS) is 20.1. The van der Waals surface area contributed by atoms with Crippen LogP contribution >= 0.6 is 0 Å². The number of carbonyl (C=O) groups excluding carboxylic acids is 2. The number of sulfonamides is 1. The van der Waals surface area contributed by atoms with E-state index in [0.29, 0.717) is 18.5 Å². The third-order valence-corrected chi connectivity index (χ3v) is 8.07. The molecule has 2 amide bonds. The van der Waals surface area contributed by atoms with E-state index in [9.17, 15) is 18.0 Å². The van der Waals surface area contributed by atoms with Crippen LogP contribution in [0.25, 0.3) is 10.9 Å². The lowest BCUT2D eigenvalue weighted by atomic mass is 10.1. The van der Waals surface area contributed by atoms with Crippen LogP contribution in [-0.2, 0) is 19.6 Å². The Morgan fingerprint density at radius 2 is 1.79 bits per heavy atom. The molecule has 10 heteroatoms. The van der Waals surface area contributed by atoms with Gasteiger partial charge in [-0.15, -0.1) is 0 Å². The van der Waals surface area contributed by atoms with Crippen molar-refractivity contribution in [2.24, 2.45) is 0 Å². The lowest BCUT2D eigenvalue weighted by molar-refractivity contribution is -0.137. The molecular weight excluding hydrogens is 456 g/mol. The molecule has 2 aliphatic rings. The number of para-hydroxylation sites is 1. The Balaban J connectivity index is 1.45. The van der Waals surface area contributed by atoms with Gasteiger partial charge in [0, 0.05) is 44.3 Å². The third-order valence-electron chi connectivity index (χ3n) is 6.14. The molecule has 0 N–H and O–H groups in total. The summed E-state index contributed by atoms with van der Waals surface area (Å²) in [6, 6.07) is 6.50. The summed E-state index contributed by atoms with van der Waals surface area (Å²) in [5.41, 5.74) is 0.773. The lowest BCUT2D eigenvalue weighted by Gasteiger charge is -2.37. The second kappa shape index (κ2) is 9.14. The molecular formula is C24H32N4O5S. The number of hydrogen-bond donors (Lipinski definition) is 0. The van der Waals surface area contributed by atoms with Crippen LogP contribution in [0.15, 0.2) is 35.4 Å². The second-order valence-corrected chi connectivity index (χ2v) is 11.8. The van der Waals surface area contributed by atoms with Gasteiger partial charge in [-0.25, -0.2) is 13.2 Å². The van der Waals surface area contributed by atoms with Crippen LogP contribution in [0.5, 0.6) is 0 Å². The quantitative estimate of drug-likeness (QED) is 0.659. The number of nitrogens with zero attached hydrogens (tertiary/aromatic N) is 4. The molecule has 3 heterocycles. The predicted molar refractivity (Wildman–Crippen MR) is 128 cm³/mol. The van der Waals surface area contributed by atoms with E-state index in [-0.39, 0.29) is 37.0 Å². The number of carbonyl (C=O) groups is 2. The molecule has 2 aromatic rings. The Morgan fingerprint density at radius 3 is 2.47 bits per heavy atom. The number of hydrogen-bond acceptors (Lipinski definition) is 6. The smallest absolute Gasteiger partial charge is 0.410 e. The minimum absolute atomic E-state index is 0.150. The van der Waals surface area contributed by atoms with Crippen molar-refractivity contribution < 1.29 is 22.7 Å². The van der Waals surface area contributed by atoms with Crippen LogP contribution in [0.1, 0.15) is 39.2 Å². The number of fused-ring (bicyclic) bond motifs is 1. The highest BCUT2D eigenvalue weighted by Crippen LogP contribution is 2.27. The number of piperazine rings is 1. The zero-order chi connectivity index (χ0) is 24.7. The van der Waals surface area contributed by atoms with Crippen molar-refractivity contribution in [3.05, 3.63) is 36.0 Å². The molecule has 2 saturated heterocycles. The van der Waals surface area contributed by atoms with Crippen LogP contribution in [-0.4, -0.2) is 83.9 Å². The Labute approximate surface area is 200 Å². The first-order valence-electron chi connectivity index (χ1n) is 11.6. The summed E-state index contributed by atoms with van der Waals surface area (Å²) >= 11 is 0. The minimum Gasteiger partial charge on any atom is -0.444 e. The first-order chi connectivity index (χ1) is 16.0. The lowest BCUT2D eigenvalue weighted by Crippen LogP contribution is -2.55. The summed E-state index contributed by atoms with van der Waals surface area (Å²) in [5.74, 6) is -0.150. The molecule has 0 radical (unpaired) electrons. The molecule has 0 spiro atoms. The van der Waals surface area contributed by atoms with E-state index in [1.165, 1.54) is 9.21 Å². The van der Waals surface area contributed by atoms with Crippen LogP contribution < -0.4 is 0 Å². The highest BCUT2D eigenvalue weighted by Gasteiger charge is 2.40. The van der Waals surface area contributed by atoms with Gasteiger partial charge in [0.2, 0.25) is 15.9 Å². The molecule has 184 valence electrons. The van der Waals surface area contributed by atoms with Gasteiger partial charge in [-0.3, -0.25) is 14.7 Å². The van der Waals surface area contributed by atoms with Gasteiger partial charge < -0.3 is 9.64 Å². The number of amides is 2. The van der Waals surface area contributed by atoms with Gasteiger partial charge in [0.25, 0.3) is 0 Å².